The number of carbonyl (C=O) groups excluding carboxylic acids is 2. The number of likely N-dealkylation sites (N-methyl/N-ethyl adjacent to an activating group) is 1. The number of hydrogen-bond donors (Lipinski definition) is 2. The zero-order chi connectivity index (χ0) is 22.5. The number of aliphatic hydroxyl groups excluding tert-OH is 1. The fourth-order valence-electron chi connectivity index (χ4n) is 3.04. The van der Waals surface area contributed by atoms with E-state index in [1.54, 1.807) is 0 Å². The van der Waals surface area contributed by atoms with Crippen LogP contribution in [0.1, 0.15) is 29.5 Å². The van der Waals surface area contributed by atoms with Crippen molar-refractivity contribution in [2.75, 3.05) is 27.2 Å². The van der Waals surface area contributed by atoms with E-state index in [9.17, 15) is 9.59 Å². The average molecular weight is 423 g/mol. The van der Waals surface area contributed by atoms with Crippen molar-refractivity contribution in [2.45, 2.75) is 31.9 Å². The summed E-state index contributed by atoms with van der Waals surface area (Å²) in [6.45, 7) is 0.231. The lowest BCUT2D eigenvalue weighted by atomic mass is 10.0. The standard InChI is InChI=1S/C25H30N2O4/c1-27(2)23(24(29)18-28)16-15-21-13-11-20(12-14-21)8-6-7-17-26-25(30)31-19-22-9-4-3-5-10-22/h3-5,9-14,23,28H,7,15-19H2,1-2H3,(H,26,30)/t23-/m0/s1. The van der Waals surface area contributed by atoms with Crippen molar-refractivity contribution in [3.05, 3.63) is 71.3 Å². The summed E-state index contributed by atoms with van der Waals surface area (Å²) < 4.78 is 5.15. The van der Waals surface area contributed by atoms with Crippen molar-refractivity contribution >= 4 is 11.9 Å². The third-order valence-electron chi connectivity index (χ3n) is 4.78. The Morgan fingerprint density at radius 3 is 2.42 bits per heavy atom. The van der Waals surface area contributed by atoms with Gasteiger partial charge in [-0.15, -0.1) is 0 Å². The van der Waals surface area contributed by atoms with Gasteiger partial charge in [-0.3, -0.25) is 9.69 Å². The molecule has 0 bridgehead atoms. The molecular formula is C25H30N2O4. The van der Waals surface area contributed by atoms with Gasteiger partial charge < -0.3 is 15.2 Å². The number of benzene rings is 2. The van der Waals surface area contributed by atoms with E-state index in [4.69, 9.17) is 9.84 Å². The van der Waals surface area contributed by atoms with Crippen molar-refractivity contribution in [1.82, 2.24) is 10.2 Å². The van der Waals surface area contributed by atoms with Gasteiger partial charge in [-0.25, -0.2) is 4.79 Å². The summed E-state index contributed by atoms with van der Waals surface area (Å²) >= 11 is 0. The van der Waals surface area contributed by atoms with Crippen LogP contribution >= 0.6 is 0 Å². The topological polar surface area (TPSA) is 78.9 Å². The first kappa shape index (κ1) is 24.1. The fraction of sp³-hybridized carbons (Fsp3) is 0.360. The zero-order valence-electron chi connectivity index (χ0n) is 18.1. The number of amides is 1. The number of ketones is 1. The van der Waals surface area contributed by atoms with Crippen LogP contribution in [0.25, 0.3) is 0 Å². The van der Waals surface area contributed by atoms with Gasteiger partial charge in [0.1, 0.15) is 13.2 Å². The third kappa shape index (κ3) is 9.04. The summed E-state index contributed by atoms with van der Waals surface area (Å²) in [5.74, 6) is 5.95. The number of aliphatic hydroxyl groups is 1. The molecule has 0 aliphatic carbocycles. The first-order valence-corrected chi connectivity index (χ1v) is 10.3. The molecule has 2 aromatic carbocycles. The molecule has 1 atom stereocenters. The number of hydrogen-bond acceptors (Lipinski definition) is 5. The van der Waals surface area contributed by atoms with Gasteiger partial charge in [0.15, 0.2) is 5.78 Å². The summed E-state index contributed by atoms with van der Waals surface area (Å²) in [6, 6.07) is 17.1. The molecule has 0 spiro atoms. The Hall–Kier alpha value is -3.14. The molecule has 2 aromatic rings. The summed E-state index contributed by atoms with van der Waals surface area (Å²) in [5, 5.41) is 11.8. The van der Waals surface area contributed by atoms with Gasteiger partial charge >= 0.3 is 6.09 Å². The van der Waals surface area contributed by atoms with Crippen molar-refractivity contribution in [3.8, 4) is 11.8 Å². The van der Waals surface area contributed by atoms with Gasteiger partial charge in [-0.1, -0.05) is 54.3 Å². The van der Waals surface area contributed by atoms with Crippen LogP contribution in [0.2, 0.25) is 0 Å². The summed E-state index contributed by atoms with van der Waals surface area (Å²) in [5.41, 5.74) is 2.95. The van der Waals surface area contributed by atoms with E-state index in [-0.39, 0.29) is 18.4 Å². The minimum absolute atomic E-state index is 0.162. The number of Topliss-reactive ketones (excluding diaryl/α,β-unsaturated/α-hetero) is 1. The summed E-state index contributed by atoms with van der Waals surface area (Å²) in [7, 11) is 3.68. The molecule has 0 heterocycles. The Balaban J connectivity index is 1.69. The first-order chi connectivity index (χ1) is 15.0. The molecule has 0 fully saturated rings. The van der Waals surface area contributed by atoms with Crippen LogP contribution in [-0.4, -0.2) is 55.2 Å². The number of nitrogens with one attached hydrogen (secondary N) is 1. The van der Waals surface area contributed by atoms with Crippen LogP contribution in [0.3, 0.4) is 0 Å². The largest absolute Gasteiger partial charge is 0.445 e. The molecule has 6 nitrogen and oxygen atoms in total. The monoisotopic (exact) mass is 422 g/mol. The van der Waals surface area contributed by atoms with E-state index in [1.807, 2.05) is 73.6 Å². The number of nitrogens with zero attached hydrogens (tertiary/aromatic N) is 1. The Morgan fingerprint density at radius 2 is 1.77 bits per heavy atom. The Bertz CT molecular complexity index is 883. The molecule has 31 heavy (non-hydrogen) atoms. The predicted octanol–water partition coefficient (Wildman–Crippen LogP) is 2.78. The van der Waals surface area contributed by atoms with E-state index >= 15 is 0 Å². The van der Waals surface area contributed by atoms with Crippen molar-refractivity contribution in [1.29, 1.82) is 0 Å². The lowest BCUT2D eigenvalue weighted by Gasteiger charge is -2.22. The van der Waals surface area contributed by atoms with Crippen LogP contribution in [0.15, 0.2) is 54.6 Å². The molecule has 164 valence electrons. The van der Waals surface area contributed by atoms with Gasteiger partial charge in [0.2, 0.25) is 0 Å². The SMILES string of the molecule is CN(C)[C@@H](CCc1ccc(C#CCCNC(=O)OCc2ccccc2)cc1)C(=O)CO. The van der Waals surface area contributed by atoms with Gasteiger partial charge in [0.05, 0.1) is 6.04 Å². The second kappa shape index (κ2) is 13.2. The number of aryl methyl sites for hydroxylation is 1. The first-order valence-electron chi connectivity index (χ1n) is 10.3. The van der Waals surface area contributed by atoms with Gasteiger partial charge in [-0.05, 0) is 50.2 Å². The summed E-state index contributed by atoms with van der Waals surface area (Å²) in [4.78, 5) is 25.3. The Kier molecular flexibility index (Phi) is 10.3. The number of alkyl carbamates (subject to hydrolysis) is 1. The van der Waals surface area contributed by atoms with E-state index in [2.05, 4.69) is 17.2 Å². The fourth-order valence-corrected chi connectivity index (χ4v) is 3.04. The van der Waals surface area contributed by atoms with Crippen LogP contribution < -0.4 is 5.32 Å². The maximum absolute atomic E-state index is 11.8. The molecule has 0 aromatic heterocycles. The highest BCUT2D eigenvalue weighted by atomic mass is 16.5. The predicted molar refractivity (Wildman–Crippen MR) is 120 cm³/mol. The molecule has 0 unspecified atom stereocenters. The smallest absolute Gasteiger partial charge is 0.407 e. The highest BCUT2D eigenvalue weighted by Gasteiger charge is 2.19. The van der Waals surface area contributed by atoms with Crippen LogP contribution in [0.4, 0.5) is 4.79 Å². The number of rotatable bonds is 10. The highest BCUT2D eigenvalue weighted by molar-refractivity contribution is 5.84. The molecule has 2 N–H and O–H groups in total. The molecule has 0 aliphatic rings. The van der Waals surface area contributed by atoms with Crippen LogP contribution in [0, 0.1) is 11.8 Å². The van der Waals surface area contributed by atoms with E-state index in [0.29, 0.717) is 19.4 Å². The quantitative estimate of drug-likeness (QED) is 0.455. The van der Waals surface area contributed by atoms with Crippen molar-refractivity contribution in [3.63, 3.8) is 0 Å². The second-order valence-corrected chi connectivity index (χ2v) is 7.38. The molecule has 1 amide bonds. The molecular weight excluding hydrogens is 392 g/mol. The van der Waals surface area contributed by atoms with Gasteiger partial charge in [-0.2, -0.15) is 0 Å². The van der Waals surface area contributed by atoms with Crippen molar-refractivity contribution < 1.29 is 19.4 Å². The van der Waals surface area contributed by atoms with Gasteiger partial charge in [0, 0.05) is 18.5 Å². The number of ether oxygens (including phenoxy) is 1. The van der Waals surface area contributed by atoms with Crippen molar-refractivity contribution in [2.24, 2.45) is 0 Å². The summed E-state index contributed by atoms with van der Waals surface area (Å²) in [6.07, 6.45) is 1.47. The zero-order valence-corrected chi connectivity index (χ0v) is 18.1. The molecule has 0 saturated carbocycles. The second-order valence-electron chi connectivity index (χ2n) is 7.38. The molecule has 0 radical (unpaired) electrons. The minimum atomic E-state index is -0.453. The molecule has 2 rings (SSSR count). The molecule has 0 aliphatic heterocycles. The lowest BCUT2D eigenvalue weighted by Crippen LogP contribution is -2.37. The van der Waals surface area contributed by atoms with Crippen LogP contribution in [-0.2, 0) is 22.6 Å². The Labute approximate surface area is 184 Å². The van der Waals surface area contributed by atoms with E-state index < -0.39 is 12.7 Å². The number of carbonyl (C=O) groups is 2. The van der Waals surface area contributed by atoms with E-state index in [1.165, 1.54) is 0 Å². The lowest BCUT2D eigenvalue weighted by molar-refractivity contribution is -0.126. The minimum Gasteiger partial charge on any atom is -0.445 e. The van der Waals surface area contributed by atoms with E-state index in [0.717, 1.165) is 23.1 Å². The normalized spacial score (nSPS) is 11.4. The Morgan fingerprint density at radius 1 is 1.06 bits per heavy atom. The molecule has 0 saturated heterocycles. The highest BCUT2D eigenvalue weighted by Crippen LogP contribution is 2.10. The molecule has 6 heteroatoms. The maximum Gasteiger partial charge on any atom is 0.407 e. The average Bonchev–Trinajstić information content (AvgIpc) is 2.78. The van der Waals surface area contributed by atoms with Gasteiger partial charge in [0.25, 0.3) is 0 Å². The maximum atomic E-state index is 11.8. The third-order valence-corrected chi connectivity index (χ3v) is 4.78. The van der Waals surface area contributed by atoms with Crippen LogP contribution in [0.5, 0.6) is 0 Å².